The number of allylic oxidation sites excluding steroid dienone is 3. The Labute approximate surface area is 89.0 Å². The van der Waals surface area contributed by atoms with E-state index in [0.29, 0.717) is 0 Å². The fraction of sp³-hybridized carbons (Fsp3) is 0.545. The molecule has 0 bridgehead atoms. The molecule has 1 aliphatic rings. The maximum Gasteiger partial charge on any atom is 0.116 e. The lowest BCUT2D eigenvalue weighted by Gasteiger charge is -2.11. The van der Waals surface area contributed by atoms with Crippen molar-refractivity contribution in [2.45, 2.75) is 32.6 Å². The SMILES string of the molecule is CCCCCOC1=CC[CH]C(Br)=C1. The van der Waals surface area contributed by atoms with Crippen LogP contribution >= 0.6 is 15.9 Å². The molecule has 1 aliphatic carbocycles. The molecule has 0 N–H and O–H groups in total. The summed E-state index contributed by atoms with van der Waals surface area (Å²) in [5.41, 5.74) is 0. The highest BCUT2D eigenvalue weighted by Gasteiger charge is 2.03. The first kappa shape index (κ1) is 10.8. The Morgan fingerprint density at radius 3 is 3.00 bits per heavy atom. The van der Waals surface area contributed by atoms with Gasteiger partial charge >= 0.3 is 0 Å². The number of rotatable bonds is 5. The van der Waals surface area contributed by atoms with Crippen molar-refractivity contribution in [3.8, 4) is 0 Å². The van der Waals surface area contributed by atoms with Crippen LogP contribution in [0.3, 0.4) is 0 Å². The quantitative estimate of drug-likeness (QED) is 0.665. The molecule has 0 fully saturated rings. The van der Waals surface area contributed by atoms with Gasteiger partial charge in [0, 0.05) is 10.9 Å². The van der Waals surface area contributed by atoms with Crippen molar-refractivity contribution in [3.63, 3.8) is 0 Å². The zero-order chi connectivity index (χ0) is 9.52. The number of ether oxygens (including phenoxy) is 1. The minimum absolute atomic E-state index is 0.844. The van der Waals surface area contributed by atoms with Gasteiger partial charge in [0.05, 0.1) is 6.61 Å². The van der Waals surface area contributed by atoms with Gasteiger partial charge in [-0.3, -0.25) is 0 Å². The third kappa shape index (κ3) is 4.51. The third-order valence-corrected chi connectivity index (χ3v) is 2.48. The van der Waals surface area contributed by atoms with Crippen LogP contribution in [0, 0.1) is 6.42 Å². The van der Waals surface area contributed by atoms with E-state index < -0.39 is 0 Å². The molecular formula is C11H16BrO. The molecule has 0 amide bonds. The molecule has 0 unspecified atom stereocenters. The molecule has 1 rings (SSSR count). The van der Waals surface area contributed by atoms with E-state index in [1.807, 2.05) is 6.08 Å². The molecule has 0 saturated heterocycles. The van der Waals surface area contributed by atoms with E-state index in [9.17, 15) is 0 Å². The van der Waals surface area contributed by atoms with Gasteiger partial charge in [-0.2, -0.15) is 0 Å². The maximum absolute atomic E-state index is 5.59. The summed E-state index contributed by atoms with van der Waals surface area (Å²) < 4.78 is 6.72. The Morgan fingerprint density at radius 1 is 1.46 bits per heavy atom. The van der Waals surface area contributed by atoms with Gasteiger partial charge in [0.25, 0.3) is 0 Å². The summed E-state index contributed by atoms with van der Waals surface area (Å²) in [6.07, 6.45) is 10.9. The zero-order valence-corrected chi connectivity index (χ0v) is 9.64. The molecule has 13 heavy (non-hydrogen) atoms. The van der Waals surface area contributed by atoms with Crippen molar-refractivity contribution in [1.29, 1.82) is 0 Å². The average Bonchev–Trinajstić information content (AvgIpc) is 2.13. The number of halogens is 1. The Kier molecular flexibility index (Phi) is 5.21. The minimum Gasteiger partial charge on any atom is -0.494 e. The van der Waals surface area contributed by atoms with Crippen molar-refractivity contribution in [1.82, 2.24) is 0 Å². The minimum atomic E-state index is 0.844. The lowest BCUT2D eigenvalue weighted by Crippen LogP contribution is -1.96. The molecule has 1 radical (unpaired) electrons. The van der Waals surface area contributed by atoms with E-state index in [4.69, 9.17) is 4.74 Å². The second-order valence-corrected chi connectivity index (χ2v) is 4.05. The van der Waals surface area contributed by atoms with Crippen molar-refractivity contribution in [3.05, 3.63) is 28.8 Å². The predicted molar refractivity (Wildman–Crippen MR) is 59.5 cm³/mol. The summed E-state index contributed by atoms with van der Waals surface area (Å²) in [7, 11) is 0. The summed E-state index contributed by atoms with van der Waals surface area (Å²) in [6.45, 7) is 3.04. The van der Waals surface area contributed by atoms with E-state index in [1.54, 1.807) is 0 Å². The first-order chi connectivity index (χ1) is 6.33. The Bertz CT molecular complexity index is 206. The zero-order valence-electron chi connectivity index (χ0n) is 8.05. The van der Waals surface area contributed by atoms with Gasteiger partial charge in [0.2, 0.25) is 0 Å². The highest BCUT2D eigenvalue weighted by atomic mass is 79.9. The largest absolute Gasteiger partial charge is 0.494 e. The van der Waals surface area contributed by atoms with E-state index in [1.165, 1.54) is 12.8 Å². The van der Waals surface area contributed by atoms with Gasteiger partial charge in [-0.25, -0.2) is 0 Å². The fourth-order valence-electron chi connectivity index (χ4n) is 1.18. The van der Waals surface area contributed by atoms with Crippen molar-refractivity contribution >= 4 is 15.9 Å². The second kappa shape index (κ2) is 6.25. The van der Waals surface area contributed by atoms with Crippen LogP contribution in [0.4, 0.5) is 0 Å². The molecule has 0 aliphatic heterocycles. The molecule has 0 aromatic rings. The fourth-order valence-corrected chi connectivity index (χ4v) is 1.60. The molecule has 0 heterocycles. The normalized spacial score (nSPS) is 16.5. The van der Waals surface area contributed by atoms with Gasteiger partial charge in [0.1, 0.15) is 5.76 Å². The van der Waals surface area contributed by atoms with E-state index in [0.717, 1.165) is 29.7 Å². The molecule has 0 atom stereocenters. The van der Waals surface area contributed by atoms with E-state index in [-0.39, 0.29) is 0 Å². The van der Waals surface area contributed by atoms with Gasteiger partial charge < -0.3 is 4.74 Å². The van der Waals surface area contributed by atoms with Crippen LogP contribution in [0.5, 0.6) is 0 Å². The Balaban J connectivity index is 2.18. The highest BCUT2D eigenvalue weighted by Crippen LogP contribution is 2.21. The predicted octanol–water partition coefficient (Wildman–Crippen LogP) is 3.96. The molecule has 2 heteroatoms. The molecule has 73 valence electrons. The highest BCUT2D eigenvalue weighted by molar-refractivity contribution is 9.11. The summed E-state index contributed by atoms with van der Waals surface area (Å²) in [5, 5.41) is 0. The van der Waals surface area contributed by atoms with Gasteiger partial charge in [-0.15, -0.1) is 0 Å². The smallest absolute Gasteiger partial charge is 0.116 e. The summed E-state index contributed by atoms with van der Waals surface area (Å²) in [4.78, 5) is 0. The van der Waals surface area contributed by atoms with Crippen LogP contribution in [0.15, 0.2) is 22.4 Å². The summed E-state index contributed by atoms with van der Waals surface area (Å²) >= 11 is 3.44. The van der Waals surface area contributed by atoms with Crippen LogP contribution in [-0.2, 0) is 4.74 Å². The van der Waals surface area contributed by atoms with Crippen LogP contribution in [0.1, 0.15) is 32.6 Å². The number of unbranched alkanes of at least 4 members (excludes halogenated alkanes) is 2. The van der Waals surface area contributed by atoms with Gasteiger partial charge in [-0.1, -0.05) is 35.7 Å². The first-order valence-corrected chi connectivity index (χ1v) is 5.65. The molecule has 1 nitrogen and oxygen atoms in total. The third-order valence-electron chi connectivity index (χ3n) is 1.93. The second-order valence-electron chi connectivity index (χ2n) is 3.13. The van der Waals surface area contributed by atoms with Gasteiger partial charge in [-0.05, 0) is 25.0 Å². The topological polar surface area (TPSA) is 9.23 Å². The van der Waals surface area contributed by atoms with Crippen molar-refractivity contribution in [2.75, 3.05) is 6.61 Å². The Morgan fingerprint density at radius 2 is 2.31 bits per heavy atom. The lowest BCUT2D eigenvalue weighted by atomic mass is 10.2. The molecular weight excluding hydrogens is 228 g/mol. The van der Waals surface area contributed by atoms with Crippen molar-refractivity contribution in [2.24, 2.45) is 0 Å². The average molecular weight is 244 g/mol. The Hall–Kier alpha value is -0.240. The molecule has 0 spiro atoms. The molecule has 0 aromatic heterocycles. The molecule has 0 saturated carbocycles. The first-order valence-electron chi connectivity index (χ1n) is 4.86. The van der Waals surface area contributed by atoms with Crippen molar-refractivity contribution < 1.29 is 4.74 Å². The van der Waals surface area contributed by atoms with Crippen LogP contribution in [0.2, 0.25) is 0 Å². The van der Waals surface area contributed by atoms with Crippen LogP contribution in [-0.4, -0.2) is 6.61 Å². The standard InChI is InChI=1S/C11H16BrO/c1-2-3-4-8-13-11-7-5-6-10(12)9-11/h6-7,9H,2-5,8H2,1H3. The summed E-state index contributed by atoms with van der Waals surface area (Å²) in [5.74, 6) is 1.01. The van der Waals surface area contributed by atoms with Crippen LogP contribution < -0.4 is 0 Å². The maximum atomic E-state index is 5.59. The lowest BCUT2D eigenvalue weighted by molar-refractivity contribution is 0.216. The van der Waals surface area contributed by atoms with Crippen LogP contribution in [0.25, 0.3) is 0 Å². The number of hydrogen-bond donors (Lipinski definition) is 0. The molecule has 0 aromatic carbocycles. The summed E-state index contributed by atoms with van der Waals surface area (Å²) in [6, 6.07) is 0. The monoisotopic (exact) mass is 243 g/mol. The van der Waals surface area contributed by atoms with Gasteiger partial charge in [0.15, 0.2) is 0 Å². The number of hydrogen-bond acceptors (Lipinski definition) is 1. The van der Waals surface area contributed by atoms with E-state index >= 15 is 0 Å². The van der Waals surface area contributed by atoms with E-state index in [2.05, 4.69) is 35.4 Å².